The number of hydrogen-bond acceptors (Lipinski definition) is 4. The van der Waals surface area contributed by atoms with Gasteiger partial charge in [0, 0.05) is 20.1 Å². The van der Waals surface area contributed by atoms with Crippen LogP contribution in [0.2, 0.25) is 0 Å². The summed E-state index contributed by atoms with van der Waals surface area (Å²) in [5, 5.41) is 3.07. The Kier molecular flexibility index (Phi) is 4.18. The van der Waals surface area contributed by atoms with Crippen molar-refractivity contribution in [2.45, 2.75) is 31.9 Å². The highest BCUT2D eigenvalue weighted by molar-refractivity contribution is 5.76. The molecule has 0 aromatic rings. The molecule has 1 saturated heterocycles. The van der Waals surface area contributed by atoms with Crippen molar-refractivity contribution in [3.63, 3.8) is 0 Å². The molecule has 4 nitrogen and oxygen atoms in total. The van der Waals surface area contributed by atoms with Crippen molar-refractivity contribution in [2.75, 3.05) is 20.3 Å². The minimum Gasteiger partial charge on any atom is -0.465 e. The quantitative estimate of drug-likeness (QED) is 0.644. The molecular formula is C9H17NO3. The average Bonchev–Trinajstić information content (AvgIpc) is 2.62. The summed E-state index contributed by atoms with van der Waals surface area (Å²) in [6, 6.07) is -0.170. The Morgan fingerprint density at radius 2 is 2.38 bits per heavy atom. The lowest BCUT2D eigenvalue weighted by Gasteiger charge is -2.09. The topological polar surface area (TPSA) is 47.6 Å². The first-order valence-electron chi connectivity index (χ1n) is 4.70. The number of carbonyl (C=O) groups excluding carboxylic acids is 1. The number of ether oxygens (including phenoxy) is 2. The molecule has 0 saturated carbocycles. The molecule has 0 bridgehead atoms. The third-order valence-corrected chi connectivity index (χ3v) is 2.16. The molecule has 1 N–H and O–H groups in total. The van der Waals surface area contributed by atoms with Crippen LogP contribution in [0, 0.1) is 0 Å². The van der Waals surface area contributed by atoms with Crippen LogP contribution in [0.3, 0.4) is 0 Å². The largest absolute Gasteiger partial charge is 0.465 e. The zero-order chi connectivity index (χ0) is 9.68. The van der Waals surface area contributed by atoms with Gasteiger partial charge in [-0.3, -0.25) is 4.79 Å². The molecule has 2 atom stereocenters. The lowest BCUT2D eigenvalue weighted by atomic mass is 10.2. The van der Waals surface area contributed by atoms with E-state index in [4.69, 9.17) is 9.47 Å². The number of rotatable bonds is 4. The molecule has 1 fully saturated rings. The Bertz CT molecular complexity index is 172. The van der Waals surface area contributed by atoms with Crippen LogP contribution in [-0.2, 0) is 14.3 Å². The summed E-state index contributed by atoms with van der Waals surface area (Å²) in [6.45, 7) is 3.23. The second kappa shape index (κ2) is 5.19. The zero-order valence-electron chi connectivity index (χ0n) is 8.21. The Morgan fingerprint density at radius 1 is 1.62 bits per heavy atom. The predicted octanol–water partition coefficient (Wildman–Crippen LogP) is 0.317. The smallest absolute Gasteiger partial charge is 0.323 e. The maximum Gasteiger partial charge on any atom is 0.323 e. The molecule has 1 aliphatic rings. The second-order valence-corrected chi connectivity index (χ2v) is 3.22. The van der Waals surface area contributed by atoms with Crippen molar-refractivity contribution in [2.24, 2.45) is 0 Å². The number of carbonyl (C=O) groups is 1. The monoisotopic (exact) mass is 187 g/mol. The maximum absolute atomic E-state index is 11.3. The number of nitrogens with one attached hydrogen (secondary N) is 1. The van der Waals surface area contributed by atoms with Gasteiger partial charge < -0.3 is 14.8 Å². The lowest BCUT2D eigenvalue weighted by molar-refractivity contribution is -0.145. The summed E-state index contributed by atoms with van der Waals surface area (Å²) >= 11 is 0. The highest BCUT2D eigenvalue weighted by Crippen LogP contribution is 2.10. The van der Waals surface area contributed by atoms with E-state index >= 15 is 0 Å². The third-order valence-electron chi connectivity index (χ3n) is 2.16. The predicted molar refractivity (Wildman–Crippen MR) is 48.5 cm³/mol. The van der Waals surface area contributed by atoms with E-state index in [0.717, 1.165) is 19.4 Å². The van der Waals surface area contributed by atoms with Gasteiger partial charge in [0.1, 0.15) is 6.04 Å². The van der Waals surface area contributed by atoms with Crippen LogP contribution in [0.25, 0.3) is 0 Å². The van der Waals surface area contributed by atoms with Crippen molar-refractivity contribution in [3.05, 3.63) is 0 Å². The van der Waals surface area contributed by atoms with Gasteiger partial charge in [-0.1, -0.05) is 6.92 Å². The first-order valence-corrected chi connectivity index (χ1v) is 4.70. The molecule has 13 heavy (non-hydrogen) atoms. The zero-order valence-corrected chi connectivity index (χ0v) is 8.21. The average molecular weight is 187 g/mol. The molecule has 0 aromatic carbocycles. The molecule has 0 aromatic heterocycles. The Balaban J connectivity index is 2.25. The molecule has 0 amide bonds. The molecule has 0 aliphatic carbocycles. The summed E-state index contributed by atoms with van der Waals surface area (Å²) < 4.78 is 10.1. The summed E-state index contributed by atoms with van der Waals surface area (Å²) in [6.07, 6.45) is 1.74. The van der Waals surface area contributed by atoms with Crippen LogP contribution in [-0.4, -0.2) is 38.4 Å². The lowest BCUT2D eigenvalue weighted by Crippen LogP contribution is -2.32. The summed E-state index contributed by atoms with van der Waals surface area (Å²) in [5.41, 5.74) is 0. The van der Waals surface area contributed by atoms with Gasteiger partial charge in [0.2, 0.25) is 0 Å². The van der Waals surface area contributed by atoms with E-state index in [1.807, 2.05) is 6.92 Å². The highest BCUT2D eigenvalue weighted by Gasteiger charge is 2.30. The molecule has 1 aliphatic heterocycles. The molecule has 1 heterocycles. The van der Waals surface area contributed by atoms with Crippen LogP contribution < -0.4 is 5.32 Å². The van der Waals surface area contributed by atoms with Gasteiger partial charge in [-0.05, 0) is 6.42 Å². The SMILES string of the molecule is CCCOC(=O)C1CC(OC)CN1. The van der Waals surface area contributed by atoms with Gasteiger partial charge in [0.05, 0.1) is 12.7 Å². The Morgan fingerprint density at radius 3 is 2.92 bits per heavy atom. The van der Waals surface area contributed by atoms with Crippen molar-refractivity contribution in [1.82, 2.24) is 5.32 Å². The van der Waals surface area contributed by atoms with Gasteiger partial charge in [-0.2, -0.15) is 0 Å². The molecular weight excluding hydrogens is 170 g/mol. The number of hydrogen-bond donors (Lipinski definition) is 1. The van der Waals surface area contributed by atoms with Crippen LogP contribution in [0.4, 0.5) is 0 Å². The van der Waals surface area contributed by atoms with Gasteiger partial charge >= 0.3 is 5.97 Å². The summed E-state index contributed by atoms with van der Waals surface area (Å²) in [4.78, 5) is 11.3. The fourth-order valence-electron chi connectivity index (χ4n) is 1.37. The van der Waals surface area contributed by atoms with E-state index in [1.54, 1.807) is 7.11 Å². The standard InChI is InChI=1S/C9H17NO3/c1-3-4-13-9(11)8-5-7(12-2)6-10-8/h7-8,10H,3-6H2,1-2H3. The van der Waals surface area contributed by atoms with E-state index in [-0.39, 0.29) is 18.1 Å². The Hall–Kier alpha value is -0.610. The van der Waals surface area contributed by atoms with Crippen molar-refractivity contribution in [3.8, 4) is 0 Å². The van der Waals surface area contributed by atoms with Crippen molar-refractivity contribution < 1.29 is 14.3 Å². The maximum atomic E-state index is 11.3. The minimum absolute atomic E-state index is 0.151. The molecule has 0 spiro atoms. The van der Waals surface area contributed by atoms with E-state index in [1.165, 1.54) is 0 Å². The van der Waals surface area contributed by atoms with Crippen molar-refractivity contribution in [1.29, 1.82) is 0 Å². The summed E-state index contributed by atoms with van der Waals surface area (Å²) in [5.74, 6) is -0.151. The van der Waals surface area contributed by atoms with E-state index in [2.05, 4.69) is 5.32 Å². The van der Waals surface area contributed by atoms with Gasteiger partial charge in [-0.15, -0.1) is 0 Å². The molecule has 2 unspecified atom stereocenters. The summed E-state index contributed by atoms with van der Waals surface area (Å²) in [7, 11) is 1.66. The first kappa shape index (κ1) is 10.5. The molecule has 4 heteroatoms. The van der Waals surface area contributed by atoms with E-state index in [0.29, 0.717) is 6.61 Å². The molecule has 76 valence electrons. The number of esters is 1. The van der Waals surface area contributed by atoms with E-state index < -0.39 is 0 Å². The van der Waals surface area contributed by atoms with Crippen LogP contribution in [0.5, 0.6) is 0 Å². The first-order chi connectivity index (χ1) is 6.27. The van der Waals surface area contributed by atoms with Crippen LogP contribution >= 0.6 is 0 Å². The van der Waals surface area contributed by atoms with E-state index in [9.17, 15) is 4.79 Å². The van der Waals surface area contributed by atoms with Gasteiger partial charge in [-0.25, -0.2) is 0 Å². The molecule has 1 rings (SSSR count). The Labute approximate surface area is 78.6 Å². The molecule has 0 radical (unpaired) electrons. The van der Waals surface area contributed by atoms with Crippen molar-refractivity contribution >= 4 is 5.97 Å². The third kappa shape index (κ3) is 2.97. The normalized spacial score (nSPS) is 27.5. The fraction of sp³-hybridized carbons (Fsp3) is 0.889. The van der Waals surface area contributed by atoms with Gasteiger partial charge in [0.25, 0.3) is 0 Å². The fourth-order valence-corrected chi connectivity index (χ4v) is 1.37. The highest BCUT2D eigenvalue weighted by atomic mass is 16.5. The second-order valence-electron chi connectivity index (χ2n) is 3.22. The number of methoxy groups -OCH3 is 1. The van der Waals surface area contributed by atoms with Gasteiger partial charge in [0.15, 0.2) is 0 Å². The van der Waals surface area contributed by atoms with Crippen LogP contribution in [0.15, 0.2) is 0 Å². The van der Waals surface area contributed by atoms with Crippen LogP contribution in [0.1, 0.15) is 19.8 Å². The minimum atomic E-state index is -0.170.